The van der Waals surface area contributed by atoms with Crippen LogP contribution >= 0.6 is 11.8 Å². The average molecular weight is 203 g/mol. The summed E-state index contributed by atoms with van der Waals surface area (Å²) in [6, 6.07) is 0. The van der Waals surface area contributed by atoms with Crippen molar-refractivity contribution in [2.75, 3.05) is 19.3 Å². The maximum absolute atomic E-state index is 10.4. The molecule has 0 aromatic carbocycles. The quantitative estimate of drug-likeness (QED) is 0.505. The van der Waals surface area contributed by atoms with Crippen LogP contribution in [0.15, 0.2) is 11.6 Å². The summed E-state index contributed by atoms with van der Waals surface area (Å²) in [4.78, 5) is 10.4. The Morgan fingerprint density at radius 1 is 1.69 bits per heavy atom. The summed E-state index contributed by atoms with van der Waals surface area (Å²) in [6.07, 6.45) is 3.75. The second-order valence-corrected chi connectivity index (χ2v) is 4.17. The normalized spacial score (nSPS) is 14.2. The van der Waals surface area contributed by atoms with Gasteiger partial charge in [-0.25, -0.2) is 4.79 Å². The van der Waals surface area contributed by atoms with E-state index in [-0.39, 0.29) is 0 Å². The Kier molecular flexibility index (Phi) is 6.72. The van der Waals surface area contributed by atoms with Crippen LogP contribution in [0, 0.1) is 0 Å². The van der Waals surface area contributed by atoms with Crippen molar-refractivity contribution in [2.45, 2.75) is 19.1 Å². The molecule has 0 saturated carbocycles. The number of carboxylic acid groups (broad SMARTS) is 1. The number of thioether (sulfide) groups is 1. The Morgan fingerprint density at radius 2 is 2.31 bits per heavy atom. The molecule has 0 aliphatic rings. The Morgan fingerprint density at radius 3 is 2.77 bits per heavy atom. The van der Waals surface area contributed by atoms with Crippen molar-refractivity contribution in [1.82, 2.24) is 5.32 Å². The van der Waals surface area contributed by atoms with E-state index in [9.17, 15) is 4.79 Å². The van der Waals surface area contributed by atoms with Crippen LogP contribution in [0.5, 0.6) is 0 Å². The summed E-state index contributed by atoms with van der Waals surface area (Å²) >= 11 is 1.79. The zero-order chi connectivity index (χ0) is 10.3. The molecule has 0 heterocycles. The summed E-state index contributed by atoms with van der Waals surface area (Å²) in [5.41, 5.74) is 0.393. The zero-order valence-electron chi connectivity index (χ0n) is 8.33. The molecule has 0 fully saturated rings. The minimum Gasteiger partial charge on any atom is -0.478 e. The lowest BCUT2D eigenvalue weighted by atomic mass is 10.3. The van der Waals surface area contributed by atoms with Crippen molar-refractivity contribution in [3.63, 3.8) is 0 Å². The third-order valence-corrected chi connectivity index (χ3v) is 2.70. The van der Waals surface area contributed by atoms with Gasteiger partial charge in [0.05, 0.1) is 0 Å². The molecule has 0 bridgehead atoms. The van der Waals surface area contributed by atoms with Gasteiger partial charge >= 0.3 is 5.97 Å². The van der Waals surface area contributed by atoms with E-state index in [0.29, 0.717) is 17.4 Å². The Bertz CT molecular complexity index is 192. The minimum absolute atomic E-state index is 0.393. The second-order valence-electron chi connectivity index (χ2n) is 2.90. The largest absolute Gasteiger partial charge is 0.478 e. The first-order valence-corrected chi connectivity index (χ1v) is 5.50. The molecule has 0 amide bonds. The molecule has 4 heteroatoms. The molecular formula is C9H17NO2S. The van der Waals surface area contributed by atoms with Crippen LogP contribution in [0.2, 0.25) is 0 Å². The number of carboxylic acids is 1. The van der Waals surface area contributed by atoms with Gasteiger partial charge in [0.15, 0.2) is 0 Å². The number of nitrogens with one attached hydrogen (secondary N) is 1. The van der Waals surface area contributed by atoms with Gasteiger partial charge in [0.1, 0.15) is 0 Å². The van der Waals surface area contributed by atoms with E-state index in [4.69, 9.17) is 5.11 Å². The third-order valence-electron chi connectivity index (χ3n) is 1.72. The van der Waals surface area contributed by atoms with E-state index in [1.54, 1.807) is 24.8 Å². The maximum Gasteiger partial charge on any atom is 0.330 e. The van der Waals surface area contributed by atoms with Gasteiger partial charge in [-0.3, -0.25) is 0 Å². The number of rotatable bonds is 6. The predicted octanol–water partition coefficient (Wildman–Crippen LogP) is 1.36. The van der Waals surface area contributed by atoms with Crippen LogP contribution < -0.4 is 5.32 Å². The first kappa shape index (κ1) is 12.5. The lowest BCUT2D eigenvalue weighted by Gasteiger charge is -2.07. The molecule has 76 valence electrons. The van der Waals surface area contributed by atoms with E-state index in [1.807, 2.05) is 0 Å². The van der Waals surface area contributed by atoms with Crippen LogP contribution in [0.1, 0.15) is 13.8 Å². The van der Waals surface area contributed by atoms with Gasteiger partial charge in [0, 0.05) is 23.9 Å². The van der Waals surface area contributed by atoms with Crippen molar-refractivity contribution in [3.05, 3.63) is 11.6 Å². The van der Waals surface area contributed by atoms with E-state index in [1.165, 1.54) is 0 Å². The standard InChI is InChI=1S/C9H17NO2S/c1-7(9(11)12)4-5-10-6-8(2)13-3/h4,8,10H,5-6H2,1-3H3,(H,11,12)/b7-4-. The highest BCUT2D eigenvalue weighted by molar-refractivity contribution is 7.99. The van der Waals surface area contributed by atoms with E-state index >= 15 is 0 Å². The Balaban J connectivity index is 3.55. The molecule has 1 unspecified atom stereocenters. The van der Waals surface area contributed by atoms with Crippen molar-refractivity contribution in [1.29, 1.82) is 0 Å². The van der Waals surface area contributed by atoms with E-state index in [0.717, 1.165) is 6.54 Å². The van der Waals surface area contributed by atoms with Gasteiger partial charge in [-0.1, -0.05) is 13.0 Å². The molecule has 1 atom stereocenters. The first-order valence-electron chi connectivity index (χ1n) is 4.21. The maximum atomic E-state index is 10.4. The van der Waals surface area contributed by atoms with Gasteiger partial charge in [-0.05, 0) is 13.2 Å². The third kappa shape index (κ3) is 6.66. The van der Waals surface area contributed by atoms with Gasteiger partial charge in [0.25, 0.3) is 0 Å². The number of carbonyl (C=O) groups is 1. The van der Waals surface area contributed by atoms with Gasteiger partial charge < -0.3 is 10.4 Å². The first-order chi connectivity index (χ1) is 6.07. The molecule has 0 aliphatic carbocycles. The molecule has 13 heavy (non-hydrogen) atoms. The minimum atomic E-state index is -0.847. The Hall–Kier alpha value is -0.480. The molecule has 0 aliphatic heterocycles. The van der Waals surface area contributed by atoms with Gasteiger partial charge in [-0.2, -0.15) is 11.8 Å². The molecule has 2 N–H and O–H groups in total. The van der Waals surface area contributed by atoms with Crippen LogP contribution in [0.4, 0.5) is 0 Å². The number of hydrogen-bond acceptors (Lipinski definition) is 3. The highest BCUT2D eigenvalue weighted by atomic mass is 32.2. The fourth-order valence-corrected chi connectivity index (χ4v) is 0.967. The molecule has 0 saturated heterocycles. The van der Waals surface area contributed by atoms with Crippen LogP contribution in [0.3, 0.4) is 0 Å². The fraction of sp³-hybridized carbons (Fsp3) is 0.667. The molecule has 0 aromatic heterocycles. The monoisotopic (exact) mass is 203 g/mol. The van der Waals surface area contributed by atoms with Gasteiger partial charge in [-0.15, -0.1) is 0 Å². The molecule has 3 nitrogen and oxygen atoms in total. The second kappa shape index (κ2) is 6.97. The lowest BCUT2D eigenvalue weighted by molar-refractivity contribution is -0.132. The molecule has 0 spiro atoms. The smallest absolute Gasteiger partial charge is 0.330 e. The molecule has 0 rings (SSSR count). The van der Waals surface area contributed by atoms with Crippen LogP contribution in [0.25, 0.3) is 0 Å². The summed E-state index contributed by atoms with van der Waals surface area (Å²) < 4.78 is 0. The number of hydrogen-bond donors (Lipinski definition) is 2. The highest BCUT2D eigenvalue weighted by Gasteiger charge is 1.99. The predicted molar refractivity (Wildman–Crippen MR) is 57.2 cm³/mol. The van der Waals surface area contributed by atoms with Crippen molar-refractivity contribution < 1.29 is 9.90 Å². The molecular weight excluding hydrogens is 186 g/mol. The summed E-state index contributed by atoms with van der Waals surface area (Å²) in [5.74, 6) is -0.847. The fourth-order valence-electron chi connectivity index (χ4n) is 0.683. The molecule has 0 radical (unpaired) electrons. The lowest BCUT2D eigenvalue weighted by Crippen LogP contribution is -2.22. The number of aliphatic carboxylic acids is 1. The van der Waals surface area contributed by atoms with Crippen molar-refractivity contribution in [3.8, 4) is 0 Å². The topological polar surface area (TPSA) is 49.3 Å². The zero-order valence-corrected chi connectivity index (χ0v) is 9.15. The van der Waals surface area contributed by atoms with Crippen molar-refractivity contribution >= 4 is 17.7 Å². The van der Waals surface area contributed by atoms with E-state index < -0.39 is 5.97 Å². The summed E-state index contributed by atoms with van der Waals surface area (Å²) in [6.45, 7) is 5.26. The van der Waals surface area contributed by atoms with Crippen molar-refractivity contribution in [2.24, 2.45) is 0 Å². The Labute approximate surface area is 83.6 Å². The van der Waals surface area contributed by atoms with E-state index in [2.05, 4.69) is 18.5 Å². The summed E-state index contributed by atoms with van der Waals surface area (Å²) in [7, 11) is 0. The average Bonchev–Trinajstić information content (AvgIpc) is 2.11. The van der Waals surface area contributed by atoms with Crippen LogP contribution in [-0.4, -0.2) is 35.7 Å². The van der Waals surface area contributed by atoms with Gasteiger partial charge in [0.2, 0.25) is 0 Å². The summed E-state index contributed by atoms with van der Waals surface area (Å²) in [5, 5.41) is 12.3. The van der Waals surface area contributed by atoms with Crippen LogP contribution in [-0.2, 0) is 4.79 Å². The highest BCUT2D eigenvalue weighted by Crippen LogP contribution is 2.02. The molecule has 0 aromatic rings. The SMILES string of the molecule is CSC(C)CNC/C=C(/C)C(=O)O.